The molecule has 0 aliphatic rings. The van der Waals surface area contributed by atoms with E-state index < -0.39 is 10.0 Å². The molecule has 1 N–H and O–H groups in total. The number of likely N-dealkylation sites (N-methyl/N-ethyl adjacent to an activating group) is 1. The van der Waals surface area contributed by atoms with Crippen LogP contribution in [0.1, 0.15) is 30.5 Å². The van der Waals surface area contributed by atoms with Gasteiger partial charge in [0.15, 0.2) is 0 Å². The Bertz CT molecular complexity index is 820. The van der Waals surface area contributed by atoms with E-state index in [1.807, 2.05) is 38.1 Å². The molecule has 0 bridgehead atoms. The summed E-state index contributed by atoms with van der Waals surface area (Å²) in [5.41, 5.74) is 2.15. The fourth-order valence-electron chi connectivity index (χ4n) is 2.68. The van der Waals surface area contributed by atoms with E-state index in [1.54, 1.807) is 18.2 Å². The minimum absolute atomic E-state index is 0.137. The summed E-state index contributed by atoms with van der Waals surface area (Å²) in [6.45, 7) is 3.76. The van der Waals surface area contributed by atoms with Gasteiger partial charge in [-0.2, -0.15) is 4.31 Å². The first kappa shape index (κ1) is 19.1. The molecule has 2 aromatic rings. The molecule has 0 spiro atoms. The Labute approximate surface area is 149 Å². The molecule has 1 atom stereocenters. The summed E-state index contributed by atoms with van der Waals surface area (Å²) < 4.78 is 26.1. The Kier molecular flexibility index (Phi) is 6.33. The molecule has 134 valence electrons. The predicted molar refractivity (Wildman–Crippen MR) is 98.6 cm³/mol. The van der Waals surface area contributed by atoms with Gasteiger partial charge in [0.1, 0.15) is 0 Å². The Morgan fingerprint density at radius 2 is 1.68 bits per heavy atom. The van der Waals surface area contributed by atoms with Gasteiger partial charge in [-0.05, 0) is 36.6 Å². The molecule has 25 heavy (non-hydrogen) atoms. The van der Waals surface area contributed by atoms with E-state index in [9.17, 15) is 13.2 Å². The maximum absolute atomic E-state index is 12.5. The summed E-state index contributed by atoms with van der Waals surface area (Å²) in [6, 6.07) is 15.8. The van der Waals surface area contributed by atoms with Crippen LogP contribution in [0.15, 0.2) is 59.5 Å². The zero-order chi connectivity index (χ0) is 18.4. The second-order valence-corrected chi connectivity index (χ2v) is 8.00. The zero-order valence-corrected chi connectivity index (χ0v) is 15.6. The third-order valence-electron chi connectivity index (χ3n) is 4.12. The molecule has 0 fully saturated rings. The van der Waals surface area contributed by atoms with Gasteiger partial charge in [0.2, 0.25) is 15.9 Å². The summed E-state index contributed by atoms with van der Waals surface area (Å²) in [4.78, 5) is 12.5. The molecule has 0 aliphatic heterocycles. The molecule has 2 aromatic carbocycles. The van der Waals surface area contributed by atoms with E-state index in [2.05, 4.69) is 5.32 Å². The van der Waals surface area contributed by atoms with Gasteiger partial charge in [0, 0.05) is 7.05 Å². The Hall–Kier alpha value is -2.18. The Morgan fingerprint density at radius 1 is 1.08 bits per heavy atom. The molecule has 0 saturated carbocycles. The number of hydrogen-bond acceptors (Lipinski definition) is 3. The molecule has 6 heteroatoms. The van der Waals surface area contributed by atoms with Gasteiger partial charge in [-0.15, -0.1) is 0 Å². The van der Waals surface area contributed by atoms with Crippen molar-refractivity contribution in [1.82, 2.24) is 9.62 Å². The number of amides is 1. The van der Waals surface area contributed by atoms with E-state index in [0.29, 0.717) is 0 Å². The molecule has 1 amide bonds. The molecule has 2 rings (SSSR count). The quantitative estimate of drug-likeness (QED) is 0.826. The number of aryl methyl sites for hydroxylation is 1. The number of carbonyl (C=O) groups excluding carboxylic acids is 1. The third-order valence-corrected chi connectivity index (χ3v) is 5.94. The third kappa shape index (κ3) is 4.67. The highest BCUT2D eigenvalue weighted by molar-refractivity contribution is 7.89. The largest absolute Gasteiger partial charge is 0.348 e. The predicted octanol–water partition coefficient (Wildman–Crippen LogP) is 2.88. The average molecular weight is 360 g/mol. The van der Waals surface area contributed by atoms with Crippen LogP contribution in [0.3, 0.4) is 0 Å². The van der Waals surface area contributed by atoms with Crippen molar-refractivity contribution in [3.63, 3.8) is 0 Å². The first-order valence-corrected chi connectivity index (χ1v) is 9.66. The van der Waals surface area contributed by atoms with Crippen LogP contribution in [0, 0.1) is 6.92 Å². The van der Waals surface area contributed by atoms with Crippen LogP contribution in [0.2, 0.25) is 0 Å². The molecular weight excluding hydrogens is 336 g/mol. The van der Waals surface area contributed by atoms with Crippen molar-refractivity contribution in [2.24, 2.45) is 0 Å². The van der Waals surface area contributed by atoms with Crippen LogP contribution in [0.5, 0.6) is 0 Å². The van der Waals surface area contributed by atoms with E-state index in [0.717, 1.165) is 21.9 Å². The van der Waals surface area contributed by atoms with E-state index >= 15 is 0 Å². The lowest BCUT2D eigenvalue weighted by Gasteiger charge is -2.22. The maximum atomic E-state index is 12.5. The molecule has 0 aliphatic carbocycles. The van der Waals surface area contributed by atoms with Gasteiger partial charge in [-0.25, -0.2) is 8.42 Å². The number of nitrogens with one attached hydrogen (secondary N) is 1. The van der Waals surface area contributed by atoms with Gasteiger partial charge in [0.25, 0.3) is 0 Å². The minimum atomic E-state index is -3.68. The number of nitrogens with zero attached hydrogens (tertiary/aromatic N) is 1. The molecule has 5 nitrogen and oxygen atoms in total. The highest BCUT2D eigenvalue weighted by atomic mass is 32.2. The van der Waals surface area contributed by atoms with Crippen molar-refractivity contribution in [3.05, 3.63) is 65.7 Å². The second kappa shape index (κ2) is 8.27. The van der Waals surface area contributed by atoms with Crippen LogP contribution in [-0.2, 0) is 14.8 Å². The van der Waals surface area contributed by atoms with E-state index in [1.165, 1.54) is 19.2 Å². The maximum Gasteiger partial charge on any atom is 0.243 e. The van der Waals surface area contributed by atoms with Crippen LogP contribution >= 0.6 is 0 Å². The van der Waals surface area contributed by atoms with Gasteiger partial charge in [-0.1, -0.05) is 49.4 Å². The minimum Gasteiger partial charge on any atom is -0.348 e. The number of hydrogen-bond donors (Lipinski definition) is 1. The number of sulfonamides is 1. The highest BCUT2D eigenvalue weighted by Crippen LogP contribution is 2.20. The fraction of sp³-hybridized carbons (Fsp3) is 0.316. The highest BCUT2D eigenvalue weighted by Gasteiger charge is 2.24. The molecule has 0 unspecified atom stereocenters. The zero-order valence-electron chi connectivity index (χ0n) is 14.8. The SMILES string of the molecule is CC[C@@H](NC(=O)CN(C)S(=O)(=O)c1ccccc1)c1ccccc1C. The normalized spacial score (nSPS) is 12.8. The van der Waals surface area contributed by atoms with Gasteiger partial charge in [0.05, 0.1) is 17.5 Å². The summed E-state index contributed by atoms with van der Waals surface area (Å²) in [6.07, 6.45) is 0.728. The summed E-state index contributed by atoms with van der Waals surface area (Å²) in [5.74, 6) is -0.322. The molecule has 0 radical (unpaired) electrons. The lowest BCUT2D eigenvalue weighted by molar-refractivity contribution is -0.121. The van der Waals surface area contributed by atoms with Crippen molar-refractivity contribution < 1.29 is 13.2 Å². The summed E-state index contributed by atoms with van der Waals surface area (Å²) in [5, 5.41) is 2.93. The Morgan fingerprint density at radius 3 is 2.28 bits per heavy atom. The average Bonchev–Trinajstić information content (AvgIpc) is 2.61. The van der Waals surface area contributed by atoms with E-state index in [4.69, 9.17) is 0 Å². The lowest BCUT2D eigenvalue weighted by atomic mass is 9.99. The molecule has 0 saturated heterocycles. The van der Waals surface area contributed by atoms with Crippen LogP contribution in [0.4, 0.5) is 0 Å². The van der Waals surface area contributed by atoms with Crippen molar-refractivity contribution in [3.8, 4) is 0 Å². The molecular formula is C19H24N2O3S. The first-order chi connectivity index (χ1) is 11.9. The van der Waals surface area contributed by atoms with E-state index in [-0.39, 0.29) is 23.4 Å². The monoisotopic (exact) mass is 360 g/mol. The topological polar surface area (TPSA) is 66.5 Å². The van der Waals surface area contributed by atoms with Crippen molar-refractivity contribution in [2.45, 2.75) is 31.2 Å². The Balaban J connectivity index is 2.07. The molecule has 0 heterocycles. The second-order valence-electron chi connectivity index (χ2n) is 5.96. The smallest absolute Gasteiger partial charge is 0.243 e. The van der Waals surface area contributed by atoms with Gasteiger partial charge < -0.3 is 5.32 Å². The summed E-state index contributed by atoms with van der Waals surface area (Å²) >= 11 is 0. The van der Waals surface area contributed by atoms with Crippen molar-refractivity contribution >= 4 is 15.9 Å². The van der Waals surface area contributed by atoms with Crippen LogP contribution in [0.25, 0.3) is 0 Å². The van der Waals surface area contributed by atoms with Gasteiger partial charge in [-0.3, -0.25) is 4.79 Å². The number of rotatable bonds is 7. The van der Waals surface area contributed by atoms with Gasteiger partial charge >= 0.3 is 0 Å². The van der Waals surface area contributed by atoms with Crippen LogP contribution in [-0.4, -0.2) is 32.2 Å². The number of benzene rings is 2. The van der Waals surface area contributed by atoms with Crippen molar-refractivity contribution in [1.29, 1.82) is 0 Å². The molecule has 0 aromatic heterocycles. The summed E-state index contributed by atoms with van der Waals surface area (Å²) in [7, 11) is -2.26. The van der Waals surface area contributed by atoms with Crippen molar-refractivity contribution in [2.75, 3.05) is 13.6 Å². The first-order valence-electron chi connectivity index (χ1n) is 8.22. The standard InChI is InChI=1S/C19H24N2O3S/c1-4-18(17-13-9-8-10-15(17)2)20-19(22)14-21(3)25(23,24)16-11-6-5-7-12-16/h5-13,18H,4,14H2,1-3H3,(H,20,22)/t18-/m1/s1. The lowest BCUT2D eigenvalue weighted by Crippen LogP contribution is -2.39. The number of carbonyl (C=O) groups is 1. The van der Waals surface area contributed by atoms with Crippen LogP contribution < -0.4 is 5.32 Å². The fourth-order valence-corrected chi connectivity index (χ4v) is 3.83.